The molecule has 2 N–H and O–H groups in total. The number of nitrogens with one attached hydrogen (secondary N) is 2. The summed E-state index contributed by atoms with van der Waals surface area (Å²) in [5.41, 5.74) is -0.0504. The lowest BCUT2D eigenvalue weighted by Crippen LogP contribution is -2.41. The zero-order chi connectivity index (χ0) is 23.3. The minimum atomic E-state index is -4.15. The van der Waals surface area contributed by atoms with E-state index in [0.29, 0.717) is 19.6 Å². The number of nitro groups is 1. The summed E-state index contributed by atoms with van der Waals surface area (Å²) in [6, 6.07) is 11.0. The van der Waals surface area contributed by atoms with Crippen molar-refractivity contribution in [2.24, 2.45) is 5.92 Å². The van der Waals surface area contributed by atoms with E-state index in [1.54, 1.807) is 17.0 Å². The maximum Gasteiger partial charge on any atom is 0.270 e. The van der Waals surface area contributed by atoms with Crippen LogP contribution in [-0.2, 0) is 14.8 Å². The van der Waals surface area contributed by atoms with Gasteiger partial charge in [0, 0.05) is 38.7 Å². The van der Waals surface area contributed by atoms with Gasteiger partial charge in [0.05, 0.1) is 21.1 Å². The van der Waals surface area contributed by atoms with Crippen molar-refractivity contribution in [3.05, 3.63) is 64.2 Å². The molecule has 32 heavy (non-hydrogen) atoms. The first-order valence-corrected chi connectivity index (χ1v) is 11.6. The standard InChI is InChI=1S/C21H24N4O6S/c1-15(26)22-14-16-9-11-24(12-10-16)21(27)19-7-2-3-8-20(19)23-32(30,31)18-6-4-5-17(13-18)25(28)29/h2-8,13,16,23H,9-12,14H2,1H3,(H,22,26). The van der Waals surface area contributed by atoms with Crippen LogP contribution in [0.5, 0.6) is 0 Å². The number of piperidine rings is 1. The smallest absolute Gasteiger partial charge is 0.270 e. The van der Waals surface area contributed by atoms with Gasteiger partial charge < -0.3 is 10.2 Å². The number of sulfonamides is 1. The molecule has 0 spiro atoms. The highest BCUT2D eigenvalue weighted by molar-refractivity contribution is 7.92. The van der Waals surface area contributed by atoms with Crippen LogP contribution in [-0.4, -0.2) is 49.7 Å². The predicted molar refractivity (Wildman–Crippen MR) is 118 cm³/mol. The molecule has 0 saturated carbocycles. The zero-order valence-corrected chi connectivity index (χ0v) is 18.3. The number of hydrogen-bond donors (Lipinski definition) is 2. The number of nitro benzene ring substituents is 1. The molecule has 0 aromatic heterocycles. The molecular formula is C21H24N4O6S. The monoisotopic (exact) mass is 460 g/mol. The molecule has 1 aliphatic rings. The van der Waals surface area contributed by atoms with Crippen molar-refractivity contribution < 1.29 is 22.9 Å². The van der Waals surface area contributed by atoms with E-state index >= 15 is 0 Å². The second-order valence-corrected chi connectivity index (χ2v) is 9.26. The molecule has 0 bridgehead atoms. The average Bonchev–Trinajstić information content (AvgIpc) is 2.78. The first kappa shape index (κ1) is 23.2. The van der Waals surface area contributed by atoms with Gasteiger partial charge in [0.25, 0.3) is 21.6 Å². The van der Waals surface area contributed by atoms with Crippen molar-refractivity contribution in [3.8, 4) is 0 Å². The van der Waals surface area contributed by atoms with E-state index in [4.69, 9.17) is 0 Å². The van der Waals surface area contributed by atoms with E-state index in [1.807, 2.05) is 0 Å². The molecular weight excluding hydrogens is 436 g/mol. The second-order valence-electron chi connectivity index (χ2n) is 7.58. The highest BCUT2D eigenvalue weighted by atomic mass is 32.2. The third kappa shape index (κ3) is 5.61. The fourth-order valence-corrected chi connectivity index (χ4v) is 4.64. The van der Waals surface area contributed by atoms with E-state index in [2.05, 4.69) is 10.0 Å². The van der Waals surface area contributed by atoms with Crippen LogP contribution in [0.25, 0.3) is 0 Å². The van der Waals surface area contributed by atoms with Crippen molar-refractivity contribution in [2.45, 2.75) is 24.7 Å². The quantitative estimate of drug-likeness (QED) is 0.480. The lowest BCUT2D eigenvalue weighted by Gasteiger charge is -2.32. The molecule has 1 aliphatic heterocycles. The second kappa shape index (κ2) is 9.77. The number of nitrogens with zero attached hydrogens (tertiary/aromatic N) is 2. The number of benzene rings is 2. The topological polar surface area (TPSA) is 139 Å². The predicted octanol–water partition coefficient (Wildman–Crippen LogP) is 2.38. The van der Waals surface area contributed by atoms with Crippen LogP contribution >= 0.6 is 0 Å². The Morgan fingerprint density at radius 2 is 1.81 bits per heavy atom. The molecule has 2 amide bonds. The van der Waals surface area contributed by atoms with Gasteiger partial charge in [-0.2, -0.15) is 0 Å². The fourth-order valence-electron chi connectivity index (χ4n) is 3.53. The number of non-ortho nitro benzene ring substituents is 1. The largest absolute Gasteiger partial charge is 0.356 e. The lowest BCUT2D eigenvalue weighted by molar-refractivity contribution is -0.385. The number of rotatable bonds is 7. The molecule has 1 heterocycles. The molecule has 2 aromatic rings. The van der Waals surface area contributed by atoms with Gasteiger partial charge in [-0.05, 0) is 37.0 Å². The van der Waals surface area contributed by atoms with E-state index < -0.39 is 14.9 Å². The van der Waals surface area contributed by atoms with Gasteiger partial charge >= 0.3 is 0 Å². The van der Waals surface area contributed by atoms with Gasteiger partial charge in [0.1, 0.15) is 0 Å². The first-order chi connectivity index (χ1) is 15.2. The Morgan fingerprint density at radius 1 is 1.12 bits per heavy atom. The molecule has 170 valence electrons. The normalized spacial score (nSPS) is 14.6. The van der Waals surface area contributed by atoms with E-state index in [1.165, 1.54) is 37.3 Å². The van der Waals surface area contributed by atoms with E-state index in [0.717, 1.165) is 18.9 Å². The van der Waals surface area contributed by atoms with Crippen LogP contribution in [0, 0.1) is 16.0 Å². The molecule has 0 atom stereocenters. The summed E-state index contributed by atoms with van der Waals surface area (Å²) in [4.78, 5) is 35.9. The summed E-state index contributed by atoms with van der Waals surface area (Å²) in [6.07, 6.45) is 1.46. The summed E-state index contributed by atoms with van der Waals surface area (Å²) in [7, 11) is -4.15. The van der Waals surface area contributed by atoms with Crippen LogP contribution in [0.2, 0.25) is 0 Å². The van der Waals surface area contributed by atoms with Crippen molar-refractivity contribution >= 4 is 33.2 Å². The Kier molecular flexibility index (Phi) is 7.08. The number of anilines is 1. The van der Waals surface area contributed by atoms with Gasteiger partial charge in [0.2, 0.25) is 5.91 Å². The van der Waals surface area contributed by atoms with Crippen molar-refractivity contribution in [1.29, 1.82) is 0 Å². The molecule has 1 fully saturated rings. The number of hydrogen-bond acceptors (Lipinski definition) is 6. The summed E-state index contributed by atoms with van der Waals surface area (Å²) < 4.78 is 28.0. The van der Waals surface area contributed by atoms with Crippen molar-refractivity contribution in [1.82, 2.24) is 10.2 Å². The van der Waals surface area contributed by atoms with Crippen molar-refractivity contribution in [3.63, 3.8) is 0 Å². The molecule has 3 rings (SSSR count). The summed E-state index contributed by atoms with van der Waals surface area (Å²) in [5, 5.41) is 13.8. The van der Waals surface area contributed by atoms with Gasteiger partial charge in [-0.15, -0.1) is 0 Å². The van der Waals surface area contributed by atoms with Gasteiger partial charge in [0.15, 0.2) is 0 Å². The maximum atomic E-state index is 13.1. The average molecular weight is 461 g/mol. The minimum absolute atomic E-state index is 0.0894. The molecule has 1 saturated heterocycles. The maximum absolute atomic E-state index is 13.1. The number of para-hydroxylation sites is 1. The van der Waals surface area contributed by atoms with E-state index in [9.17, 15) is 28.1 Å². The number of amides is 2. The Balaban J connectivity index is 1.75. The number of carbonyl (C=O) groups is 2. The van der Waals surface area contributed by atoms with Gasteiger partial charge in [-0.25, -0.2) is 8.42 Å². The Bertz CT molecular complexity index is 1130. The fraction of sp³-hybridized carbons (Fsp3) is 0.333. The highest BCUT2D eigenvalue weighted by Crippen LogP contribution is 2.25. The molecule has 10 nitrogen and oxygen atoms in total. The van der Waals surface area contributed by atoms with Crippen LogP contribution in [0.4, 0.5) is 11.4 Å². The Hall–Kier alpha value is -3.47. The zero-order valence-electron chi connectivity index (χ0n) is 17.5. The third-order valence-corrected chi connectivity index (χ3v) is 6.65. The molecule has 0 radical (unpaired) electrons. The molecule has 0 unspecified atom stereocenters. The number of likely N-dealkylation sites (tertiary alicyclic amines) is 1. The third-order valence-electron chi connectivity index (χ3n) is 5.28. The highest BCUT2D eigenvalue weighted by Gasteiger charge is 2.26. The Labute approximate surface area is 185 Å². The van der Waals surface area contributed by atoms with Crippen molar-refractivity contribution in [2.75, 3.05) is 24.4 Å². The van der Waals surface area contributed by atoms with Crippen LogP contribution in [0.3, 0.4) is 0 Å². The minimum Gasteiger partial charge on any atom is -0.356 e. The summed E-state index contributed by atoms with van der Waals surface area (Å²) >= 11 is 0. The summed E-state index contributed by atoms with van der Waals surface area (Å²) in [6.45, 7) is 3.02. The SMILES string of the molecule is CC(=O)NCC1CCN(C(=O)c2ccccc2NS(=O)(=O)c2cccc([N+](=O)[O-])c2)CC1. The lowest BCUT2D eigenvalue weighted by atomic mass is 9.96. The van der Waals surface area contributed by atoms with Gasteiger partial charge in [-0.1, -0.05) is 18.2 Å². The van der Waals surface area contributed by atoms with Crippen LogP contribution < -0.4 is 10.0 Å². The molecule has 0 aliphatic carbocycles. The first-order valence-electron chi connectivity index (χ1n) is 10.1. The molecule has 2 aromatic carbocycles. The number of carbonyl (C=O) groups excluding carboxylic acids is 2. The van der Waals surface area contributed by atoms with E-state index in [-0.39, 0.29) is 39.6 Å². The Morgan fingerprint density at radius 3 is 2.47 bits per heavy atom. The van der Waals surface area contributed by atoms with Crippen LogP contribution in [0.15, 0.2) is 53.4 Å². The van der Waals surface area contributed by atoms with Crippen LogP contribution in [0.1, 0.15) is 30.1 Å². The molecule has 11 heteroatoms. The van der Waals surface area contributed by atoms with Gasteiger partial charge in [-0.3, -0.25) is 24.4 Å². The summed E-state index contributed by atoms with van der Waals surface area (Å²) in [5.74, 6) is -0.112.